The van der Waals surface area contributed by atoms with E-state index >= 15 is 0 Å². The molecule has 1 saturated carbocycles. The van der Waals surface area contributed by atoms with Gasteiger partial charge in [0.25, 0.3) is 0 Å². The Morgan fingerprint density at radius 1 is 1.00 bits per heavy atom. The molecular formula is C18H18N2. The van der Waals surface area contributed by atoms with Crippen molar-refractivity contribution in [2.75, 3.05) is 6.54 Å². The van der Waals surface area contributed by atoms with Crippen molar-refractivity contribution < 1.29 is 0 Å². The van der Waals surface area contributed by atoms with Gasteiger partial charge in [-0.1, -0.05) is 67.6 Å². The fourth-order valence-electron chi connectivity index (χ4n) is 3.59. The zero-order valence-corrected chi connectivity index (χ0v) is 11.6. The summed E-state index contributed by atoms with van der Waals surface area (Å²) in [6, 6.07) is 21.2. The molecule has 2 unspecified atom stereocenters. The highest BCUT2D eigenvalue weighted by Gasteiger charge is 2.64. The predicted octanol–water partition coefficient (Wildman–Crippen LogP) is 3.20. The van der Waals surface area contributed by atoms with Crippen LogP contribution in [-0.2, 0) is 5.54 Å². The molecule has 3 atom stereocenters. The van der Waals surface area contributed by atoms with Gasteiger partial charge in [-0.25, -0.2) is 0 Å². The van der Waals surface area contributed by atoms with Gasteiger partial charge in [0, 0.05) is 18.0 Å². The normalized spacial score (nSPS) is 30.9. The molecule has 2 aromatic rings. The summed E-state index contributed by atoms with van der Waals surface area (Å²) in [6.07, 6.45) is 0. The molecule has 1 aliphatic carbocycles. The molecule has 20 heavy (non-hydrogen) atoms. The second-order valence-electron chi connectivity index (χ2n) is 5.79. The van der Waals surface area contributed by atoms with Crippen LogP contribution in [0.25, 0.3) is 0 Å². The summed E-state index contributed by atoms with van der Waals surface area (Å²) in [7, 11) is 0. The van der Waals surface area contributed by atoms with Crippen LogP contribution in [-0.4, -0.2) is 12.4 Å². The average Bonchev–Trinajstić information content (AvgIpc) is 3.15. The van der Waals surface area contributed by atoms with Gasteiger partial charge < -0.3 is 5.32 Å². The van der Waals surface area contributed by atoms with Crippen molar-refractivity contribution in [1.82, 2.24) is 5.32 Å². The average molecular weight is 262 g/mol. The number of amidine groups is 1. The van der Waals surface area contributed by atoms with E-state index in [0.29, 0.717) is 11.8 Å². The zero-order valence-electron chi connectivity index (χ0n) is 11.6. The van der Waals surface area contributed by atoms with Crippen LogP contribution in [0.15, 0.2) is 65.7 Å². The van der Waals surface area contributed by atoms with Crippen LogP contribution in [0.3, 0.4) is 0 Å². The van der Waals surface area contributed by atoms with Gasteiger partial charge in [0.15, 0.2) is 0 Å². The second kappa shape index (κ2) is 4.20. The van der Waals surface area contributed by atoms with Gasteiger partial charge >= 0.3 is 0 Å². The minimum Gasteiger partial charge on any atom is -0.369 e. The third-order valence-electron chi connectivity index (χ3n) is 4.82. The van der Waals surface area contributed by atoms with Gasteiger partial charge in [-0.05, 0) is 11.5 Å². The van der Waals surface area contributed by atoms with Gasteiger partial charge in [-0.3, -0.25) is 4.99 Å². The number of fused-ring (bicyclic) bond motifs is 1. The Hall–Kier alpha value is -2.09. The van der Waals surface area contributed by atoms with E-state index in [1.807, 2.05) is 6.07 Å². The van der Waals surface area contributed by atoms with E-state index in [4.69, 9.17) is 4.99 Å². The van der Waals surface area contributed by atoms with Gasteiger partial charge in [0.2, 0.25) is 0 Å². The van der Waals surface area contributed by atoms with Crippen molar-refractivity contribution in [3.8, 4) is 0 Å². The first-order valence-electron chi connectivity index (χ1n) is 7.27. The molecule has 2 aromatic carbocycles. The van der Waals surface area contributed by atoms with Crippen molar-refractivity contribution >= 4 is 5.84 Å². The number of hydrogen-bond donors (Lipinski definition) is 1. The third kappa shape index (κ3) is 1.54. The molecule has 0 saturated heterocycles. The summed E-state index contributed by atoms with van der Waals surface area (Å²) in [5, 5.41) is 3.50. The van der Waals surface area contributed by atoms with Crippen LogP contribution in [0.4, 0.5) is 0 Å². The van der Waals surface area contributed by atoms with Crippen LogP contribution in [0, 0.1) is 11.8 Å². The highest BCUT2D eigenvalue weighted by atomic mass is 15.1. The van der Waals surface area contributed by atoms with Gasteiger partial charge in [-0.2, -0.15) is 0 Å². The predicted molar refractivity (Wildman–Crippen MR) is 81.8 cm³/mol. The molecule has 2 aliphatic rings. The molecule has 2 heteroatoms. The molecule has 0 radical (unpaired) electrons. The summed E-state index contributed by atoms with van der Waals surface area (Å²) in [4.78, 5) is 5.11. The van der Waals surface area contributed by atoms with Crippen molar-refractivity contribution in [3.63, 3.8) is 0 Å². The number of aliphatic imine (C=N–C) groups is 1. The van der Waals surface area contributed by atoms with Gasteiger partial charge in [0.05, 0.1) is 5.54 Å². The number of nitrogens with one attached hydrogen (secondary N) is 1. The van der Waals surface area contributed by atoms with E-state index < -0.39 is 0 Å². The molecule has 4 rings (SSSR count). The Morgan fingerprint density at radius 3 is 2.35 bits per heavy atom. The van der Waals surface area contributed by atoms with Crippen LogP contribution in [0.2, 0.25) is 0 Å². The molecule has 2 nitrogen and oxygen atoms in total. The van der Waals surface area contributed by atoms with Crippen LogP contribution < -0.4 is 5.32 Å². The molecular weight excluding hydrogens is 244 g/mol. The number of hydrogen-bond acceptors (Lipinski definition) is 2. The van der Waals surface area contributed by atoms with E-state index in [9.17, 15) is 0 Å². The van der Waals surface area contributed by atoms with E-state index in [-0.39, 0.29) is 5.54 Å². The van der Waals surface area contributed by atoms with Crippen molar-refractivity contribution in [2.45, 2.75) is 12.5 Å². The Labute approximate surface area is 119 Å². The molecule has 0 aromatic heterocycles. The summed E-state index contributed by atoms with van der Waals surface area (Å²) < 4.78 is 0. The molecule has 1 aliphatic heterocycles. The maximum Gasteiger partial charge on any atom is 0.129 e. The maximum atomic E-state index is 5.11. The fourth-order valence-corrected chi connectivity index (χ4v) is 3.59. The van der Waals surface area contributed by atoms with E-state index in [2.05, 4.69) is 66.8 Å². The lowest BCUT2D eigenvalue weighted by molar-refractivity contribution is 0.582. The molecule has 1 fully saturated rings. The topological polar surface area (TPSA) is 24.4 Å². The molecule has 0 spiro atoms. The zero-order chi connectivity index (χ0) is 13.6. The molecule has 0 amide bonds. The number of nitrogens with zero attached hydrogens (tertiary/aromatic N) is 1. The second-order valence-corrected chi connectivity index (χ2v) is 5.79. The monoisotopic (exact) mass is 262 g/mol. The van der Waals surface area contributed by atoms with Crippen molar-refractivity contribution in [1.29, 1.82) is 0 Å². The van der Waals surface area contributed by atoms with Crippen molar-refractivity contribution in [2.24, 2.45) is 16.8 Å². The first-order valence-corrected chi connectivity index (χ1v) is 7.27. The molecule has 100 valence electrons. The highest BCUT2D eigenvalue weighted by molar-refractivity contribution is 6.00. The van der Waals surface area contributed by atoms with E-state index in [1.165, 1.54) is 11.1 Å². The van der Waals surface area contributed by atoms with Crippen LogP contribution in [0.1, 0.15) is 18.1 Å². The van der Waals surface area contributed by atoms with Crippen LogP contribution >= 0.6 is 0 Å². The van der Waals surface area contributed by atoms with Gasteiger partial charge in [0.1, 0.15) is 5.84 Å². The van der Waals surface area contributed by atoms with Crippen LogP contribution in [0.5, 0.6) is 0 Å². The van der Waals surface area contributed by atoms with E-state index in [0.717, 1.165) is 12.4 Å². The molecule has 0 bridgehead atoms. The number of benzene rings is 2. The highest BCUT2D eigenvalue weighted by Crippen LogP contribution is 2.61. The lowest BCUT2D eigenvalue weighted by Crippen LogP contribution is -2.34. The molecule has 1 N–H and O–H groups in total. The van der Waals surface area contributed by atoms with Gasteiger partial charge in [-0.15, -0.1) is 0 Å². The quantitative estimate of drug-likeness (QED) is 0.883. The lowest BCUT2D eigenvalue weighted by atomic mass is 10.00. The molecule has 1 heterocycles. The fraction of sp³-hybridized carbons (Fsp3) is 0.278. The Balaban J connectivity index is 1.80. The van der Waals surface area contributed by atoms with Crippen molar-refractivity contribution in [3.05, 3.63) is 71.8 Å². The Kier molecular flexibility index (Phi) is 2.46. The largest absolute Gasteiger partial charge is 0.369 e. The smallest absolute Gasteiger partial charge is 0.129 e. The SMILES string of the molecule is CC1[C@@H]2CNC(c3ccccc3)=NC12c1ccccc1. The van der Waals surface area contributed by atoms with E-state index in [1.54, 1.807) is 0 Å². The maximum absolute atomic E-state index is 5.11. The lowest BCUT2D eigenvalue weighted by Gasteiger charge is -2.22. The summed E-state index contributed by atoms with van der Waals surface area (Å²) in [6.45, 7) is 3.33. The first kappa shape index (κ1) is 11.7. The summed E-state index contributed by atoms with van der Waals surface area (Å²) >= 11 is 0. The third-order valence-corrected chi connectivity index (χ3v) is 4.82. The number of rotatable bonds is 2. The summed E-state index contributed by atoms with van der Waals surface area (Å²) in [5.41, 5.74) is 2.53. The standard InChI is InChI=1S/C18H18N2/c1-13-16-12-19-17(14-8-4-2-5-9-14)20-18(13,16)15-10-6-3-7-11-15/h2-11,13,16H,12H2,1H3,(H,19,20)/t13?,16-,18?/m0/s1. The first-order chi connectivity index (χ1) is 9.82. The minimum absolute atomic E-state index is 0.00230. The Bertz CT molecular complexity index is 648. The summed E-state index contributed by atoms with van der Waals surface area (Å²) in [5.74, 6) is 2.27. The Morgan fingerprint density at radius 2 is 1.65 bits per heavy atom. The minimum atomic E-state index is -0.00230.